The minimum Gasteiger partial charge on any atom is -0.349 e. The van der Waals surface area contributed by atoms with Crippen molar-refractivity contribution in [3.63, 3.8) is 0 Å². The summed E-state index contributed by atoms with van der Waals surface area (Å²) in [5, 5.41) is 7.16. The molecule has 5 heteroatoms. The summed E-state index contributed by atoms with van der Waals surface area (Å²) in [6, 6.07) is 2.30. The van der Waals surface area contributed by atoms with Crippen molar-refractivity contribution in [2.75, 3.05) is 0 Å². The maximum absolute atomic E-state index is 12.0. The first-order chi connectivity index (χ1) is 8.15. The lowest BCUT2D eigenvalue weighted by atomic mass is 10.3. The van der Waals surface area contributed by atoms with Crippen molar-refractivity contribution >= 4 is 11.6 Å². The van der Waals surface area contributed by atoms with E-state index in [4.69, 9.17) is 0 Å². The summed E-state index contributed by atoms with van der Waals surface area (Å²) in [6.45, 7) is 3.87. The molecule has 0 radical (unpaired) electrons. The summed E-state index contributed by atoms with van der Waals surface area (Å²) in [4.78, 5) is 16.4. The molecule has 2 aromatic rings. The SMILES string of the molecule is Cc1cc(C)n2ncc(C(=O)NC3CC3)c2n1. The van der Waals surface area contributed by atoms with E-state index in [9.17, 15) is 4.79 Å². The summed E-state index contributed by atoms with van der Waals surface area (Å²) in [6.07, 6.45) is 3.75. The van der Waals surface area contributed by atoms with Gasteiger partial charge >= 0.3 is 0 Å². The maximum atomic E-state index is 12.0. The number of nitrogens with zero attached hydrogens (tertiary/aromatic N) is 3. The molecule has 88 valence electrons. The molecule has 0 bridgehead atoms. The molecule has 2 heterocycles. The van der Waals surface area contributed by atoms with E-state index in [1.165, 1.54) is 0 Å². The zero-order valence-electron chi connectivity index (χ0n) is 9.90. The first-order valence-electron chi connectivity index (χ1n) is 5.78. The Kier molecular flexibility index (Phi) is 2.14. The van der Waals surface area contributed by atoms with Crippen LogP contribution in [0, 0.1) is 13.8 Å². The summed E-state index contributed by atoms with van der Waals surface area (Å²) in [7, 11) is 0. The van der Waals surface area contributed by atoms with Gasteiger partial charge in [-0.1, -0.05) is 0 Å². The number of nitrogens with one attached hydrogen (secondary N) is 1. The lowest BCUT2D eigenvalue weighted by Gasteiger charge is -2.03. The van der Waals surface area contributed by atoms with Crippen molar-refractivity contribution in [2.24, 2.45) is 0 Å². The van der Waals surface area contributed by atoms with Gasteiger partial charge in [-0.15, -0.1) is 0 Å². The first-order valence-corrected chi connectivity index (χ1v) is 5.78. The van der Waals surface area contributed by atoms with Crippen LogP contribution >= 0.6 is 0 Å². The van der Waals surface area contributed by atoms with E-state index in [2.05, 4.69) is 15.4 Å². The fourth-order valence-corrected chi connectivity index (χ4v) is 1.92. The van der Waals surface area contributed by atoms with Gasteiger partial charge in [-0.2, -0.15) is 5.10 Å². The van der Waals surface area contributed by atoms with Crippen LogP contribution in [0.15, 0.2) is 12.3 Å². The number of rotatable bonds is 2. The van der Waals surface area contributed by atoms with Crippen LogP contribution in [0.25, 0.3) is 5.65 Å². The Hall–Kier alpha value is -1.91. The van der Waals surface area contributed by atoms with Crippen molar-refractivity contribution in [3.05, 3.63) is 29.2 Å². The van der Waals surface area contributed by atoms with Crippen LogP contribution in [-0.4, -0.2) is 26.5 Å². The highest BCUT2D eigenvalue weighted by atomic mass is 16.1. The van der Waals surface area contributed by atoms with Crippen LogP contribution in [-0.2, 0) is 0 Å². The van der Waals surface area contributed by atoms with E-state index in [1.807, 2.05) is 19.9 Å². The van der Waals surface area contributed by atoms with E-state index >= 15 is 0 Å². The van der Waals surface area contributed by atoms with E-state index in [1.54, 1.807) is 10.7 Å². The van der Waals surface area contributed by atoms with Gasteiger partial charge in [0.1, 0.15) is 5.56 Å². The van der Waals surface area contributed by atoms with Gasteiger partial charge in [-0.05, 0) is 32.8 Å². The largest absolute Gasteiger partial charge is 0.349 e. The number of aromatic nitrogens is 3. The molecule has 1 aliphatic carbocycles. The fourth-order valence-electron chi connectivity index (χ4n) is 1.92. The average molecular weight is 230 g/mol. The van der Waals surface area contributed by atoms with Crippen molar-refractivity contribution in [2.45, 2.75) is 32.7 Å². The summed E-state index contributed by atoms with van der Waals surface area (Å²) in [5.74, 6) is -0.0694. The predicted molar refractivity (Wildman–Crippen MR) is 62.9 cm³/mol. The van der Waals surface area contributed by atoms with Gasteiger partial charge in [0.05, 0.1) is 6.20 Å². The molecule has 0 aliphatic heterocycles. The normalized spacial score (nSPS) is 15.2. The Balaban J connectivity index is 2.06. The third kappa shape index (κ3) is 1.77. The van der Waals surface area contributed by atoms with E-state index < -0.39 is 0 Å². The Morgan fingerprint density at radius 3 is 2.94 bits per heavy atom. The minimum atomic E-state index is -0.0694. The zero-order chi connectivity index (χ0) is 12.0. The van der Waals surface area contributed by atoms with Crippen molar-refractivity contribution in [1.29, 1.82) is 0 Å². The number of carbonyl (C=O) groups excluding carboxylic acids is 1. The smallest absolute Gasteiger partial charge is 0.256 e. The van der Waals surface area contributed by atoms with Crippen molar-refractivity contribution in [3.8, 4) is 0 Å². The second-order valence-electron chi connectivity index (χ2n) is 4.58. The maximum Gasteiger partial charge on any atom is 0.256 e. The van der Waals surface area contributed by atoms with Crippen LogP contribution in [0.3, 0.4) is 0 Å². The molecule has 0 unspecified atom stereocenters. The quantitative estimate of drug-likeness (QED) is 0.844. The Morgan fingerprint density at radius 2 is 2.24 bits per heavy atom. The molecule has 3 rings (SSSR count). The van der Waals surface area contributed by atoms with Gasteiger partial charge in [0.2, 0.25) is 0 Å². The standard InChI is InChI=1S/C12H14N4O/c1-7-5-8(2)16-11(14-7)10(6-13-16)12(17)15-9-3-4-9/h5-6,9H,3-4H2,1-2H3,(H,15,17). The van der Waals surface area contributed by atoms with Crippen molar-refractivity contribution < 1.29 is 4.79 Å². The molecular formula is C12H14N4O. The van der Waals surface area contributed by atoms with Crippen molar-refractivity contribution in [1.82, 2.24) is 19.9 Å². The molecule has 17 heavy (non-hydrogen) atoms. The average Bonchev–Trinajstić information content (AvgIpc) is 2.95. The van der Waals surface area contributed by atoms with Gasteiger partial charge in [0.15, 0.2) is 5.65 Å². The summed E-state index contributed by atoms with van der Waals surface area (Å²) in [5.41, 5.74) is 3.08. The number of aryl methyl sites for hydroxylation is 2. The van der Waals surface area contributed by atoms with Gasteiger partial charge in [-0.25, -0.2) is 9.50 Å². The molecular weight excluding hydrogens is 216 g/mol. The molecule has 1 aliphatic rings. The first kappa shape index (κ1) is 10.3. The highest BCUT2D eigenvalue weighted by Crippen LogP contribution is 2.20. The van der Waals surface area contributed by atoms with E-state index in [0.717, 1.165) is 24.2 Å². The second-order valence-corrected chi connectivity index (χ2v) is 4.58. The monoisotopic (exact) mass is 230 g/mol. The summed E-state index contributed by atoms with van der Waals surface area (Å²) >= 11 is 0. The van der Waals surface area contributed by atoms with Gasteiger partial charge in [0, 0.05) is 17.4 Å². The molecule has 1 amide bonds. The van der Waals surface area contributed by atoms with Crippen LogP contribution in [0.1, 0.15) is 34.6 Å². The fraction of sp³-hybridized carbons (Fsp3) is 0.417. The molecule has 1 fully saturated rings. The number of hydrogen-bond donors (Lipinski definition) is 1. The number of fused-ring (bicyclic) bond motifs is 1. The Morgan fingerprint density at radius 1 is 1.47 bits per heavy atom. The molecule has 5 nitrogen and oxygen atoms in total. The lowest BCUT2D eigenvalue weighted by molar-refractivity contribution is 0.0952. The molecule has 1 saturated carbocycles. The third-order valence-electron chi connectivity index (χ3n) is 2.94. The zero-order valence-corrected chi connectivity index (χ0v) is 9.90. The molecule has 0 saturated heterocycles. The number of amides is 1. The molecule has 0 atom stereocenters. The third-order valence-corrected chi connectivity index (χ3v) is 2.94. The Bertz CT molecular complexity index is 598. The van der Waals surface area contributed by atoms with Gasteiger partial charge in [0.25, 0.3) is 5.91 Å². The van der Waals surface area contributed by atoms with Crippen LogP contribution < -0.4 is 5.32 Å². The molecule has 0 aromatic carbocycles. The number of hydrogen-bond acceptors (Lipinski definition) is 3. The number of carbonyl (C=O) groups is 1. The van der Waals surface area contributed by atoms with E-state index in [0.29, 0.717) is 17.3 Å². The highest BCUT2D eigenvalue weighted by Gasteiger charge is 2.25. The van der Waals surface area contributed by atoms with Gasteiger partial charge < -0.3 is 5.32 Å². The molecule has 0 spiro atoms. The van der Waals surface area contributed by atoms with Gasteiger partial charge in [-0.3, -0.25) is 4.79 Å². The Labute approximate surface area is 98.9 Å². The van der Waals surface area contributed by atoms with E-state index in [-0.39, 0.29) is 5.91 Å². The van der Waals surface area contributed by atoms with Crippen LogP contribution in [0.5, 0.6) is 0 Å². The second kappa shape index (κ2) is 3.55. The predicted octanol–water partition coefficient (Wildman–Crippen LogP) is 1.24. The highest BCUT2D eigenvalue weighted by molar-refractivity contribution is 5.99. The minimum absolute atomic E-state index is 0.0694. The lowest BCUT2D eigenvalue weighted by Crippen LogP contribution is -2.25. The summed E-state index contributed by atoms with van der Waals surface area (Å²) < 4.78 is 1.70. The van der Waals surface area contributed by atoms with Crippen LogP contribution in [0.4, 0.5) is 0 Å². The van der Waals surface area contributed by atoms with Crippen LogP contribution in [0.2, 0.25) is 0 Å². The molecule has 2 aromatic heterocycles. The molecule has 1 N–H and O–H groups in total. The topological polar surface area (TPSA) is 59.3 Å².